The molecule has 0 radical (unpaired) electrons. The van der Waals surface area contributed by atoms with Gasteiger partial charge in [0, 0.05) is 12.5 Å². The Bertz CT molecular complexity index is 401. The van der Waals surface area contributed by atoms with Crippen molar-refractivity contribution in [1.82, 2.24) is 14.7 Å². The summed E-state index contributed by atoms with van der Waals surface area (Å²) in [5, 5.41) is 4.27. The van der Waals surface area contributed by atoms with Gasteiger partial charge in [0.05, 0.1) is 17.2 Å². The number of carbonyl (C=O) groups is 1. The number of nitrogens with zero attached hydrogens (tertiary/aromatic N) is 3. The summed E-state index contributed by atoms with van der Waals surface area (Å²) in [4.78, 5) is 14.5. The fourth-order valence-electron chi connectivity index (χ4n) is 1.87. The molecule has 0 spiro atoms. The summed E-state index contributed by atoms with van der Waals surface area (Å²) in [5.41, 5.74) is 0.706. The summed E-state index contributed by atoms with van der Waals surface area (Å²) in [6, 6.07) is 0. The minimum absolute atomic E-state index is 0.0566. The number of halogens is 1. The third kappa shape index (κ3) is 3.92. The Balaban J connectivity index is 2.86. The highest BCUT2D eigenvalue weighted by Gasteiger charge is 2.21. The molecule has 0 aliphatic carbocycles. The van der Waals surface area contributed by atoms with Crippen LogP contribution in [0, 0.1) is 5.92 Å². The Morgan fingerprint density at radius 1 is 1.56 bits per heavy atom. The van der Waals surface area contributed by atoms with Crippen LogP contribution in [-0.4, -0.2) is 41.1 Å². The topological polar surface area (TPSA) is 38.1 Å². The van der Waals surface area contributed by atoms with E-state index in [1.54, 1.807) is 10.9 Å². The highest BCUT2D eigenvalue weighted by molar-refractivity contribution is 9.10. The number of ketones is 1. The van der Waals surface area contributed by atoms with Gasteiger partial charge in [-0.05, 0) is 36.4 Å². The van der Waals surface area contributed by atoms with Crippen molar-refractivity contribution in [3.63, 3.8) is 0 Å². The monoisotopic (exact) mass is 315 g/mol. The zero-order chi connectivity index (χ0) is 13.7. The molecule has 0 amide bonds. The first-order valence-corrected chi connectivity index (χ1v) is 7.16. The van der Waals surface area contributed by atoms with Gasteiger partial charge in [0.2, 0.25) is 0 Å². The zero-order valence-electron chi connectivity index (χ0n) is 11.6. The number of hydrogen-bond acceptors (Lipinski definition) is 3. The molecule has 1 aromatic rings. The van der Waals surface area contributed by atoms with Gasteiger partial charge >= 0.3 is 0 Å². The summed E-state index contributed by atoms with van der Waals surface area (Å²) in [7, 11) is 4.03. The maximum atomic E-state index is 12.4. The number of aromatic nitrogens is 2. The van der Waals surface area contributed by atoms with Crippen LogP contribution in [0.1, 0.15) is 37.2 Å². The number of likely N-dealkylation sites (N-methyl/N-ethyl adjacent to an activating group) is 1. The molecule has 0 bridgehead atoms. The molecular weight excluding hydrogens is 294 g/mol. The van der Waals surface area contributed by atoms with Crippen molar-refractivity contribution in [2.75, 3.05) is 20.6 Å². The molecule has 1 heterocycles. The first kappa shape index (κ1) is 15.4. The second-order valence-corrected chi connectivity index (χ2v) is 5.78. The molecule has 18 heavy (non-hydrogen) atoms. The molecule has 4 nitrogen and oxygen atoms in total. The van der Waals surface area contributed by atoms with E-state index in [1.165, 1.54) is 0 Å². The fraction of sp³-hybridized carbons (Fsp3) is 0.692. The maximum Gasteiger partial charge on any atom is 0.184 e. The van der Waals surface area contributed by atoms with Crippen molar-refractivity contribution in [3.05, 3.63) is 16.4 Å². The third-order valence-corrected chi connectivity index (χ3v) is 3.54. The number of carbonyl (C=O) groups excluding carboxylic acids is 1. The summed E-state index contributed by atoms with van der Waals surface area (Å²) in [6.45, 7) is 5.69. The van der Waals surface area contributed by atoms with Gasteiger partial charge in [0.1, 0.15) is 5.69 Å². The van der Waals surface area contributed by atoms with E-state index in [9.17, 15) is 4.79 Å². The molecule has 0 aliphatic heterocycles. The van der Waals surface area contributed by atoms with Crippen LogP contribution in [0.15, 0.2) is 10.7 Å². The summed E-state index contributed by atoms with van der Waals surface area (Å²) in [6.07, 6.45) is 3.65. The van der Waals surface area contributed by atoms with Gasteiger partial charge in [-0.15, -0.1) is 0 Å². The van der Waals surface area contributed by atoms with E-state index in [0.29, 0.717) is 5.69 Å². The van der Waals surface area contributed by atoms with Crippen LogP contribution in [0.3, 0.4) is 0 Å². The minimum atomic E-state index is 0.0566. The number of hydrogen-bond donors (Lipinski definition) is 0. The van der Waals surface area contributed by atoms with E-state index in [4.69, 9.17) is 0 Å². The summed E-state index contributed by atoms with van der Waals surface area (Å²) >= 11 is 3.43. The molecule has 1 aromatic heterocycles. The van der Waals surface area contributed by atoms with Gasteiger partial charge < -0.3 is 4.90 Å². The van der Waals surface area contributed by atoms with E-state index in [1.807, 2.05) is 21.0 Å². The average molecular weight is 316 g/mol. The van der Waals surface area contributed by atoms with Gasteiger partial charge in [-0.2, -0.15) is 5.10 Å². The molecule has 102 valence electrons. The van der Waals surface area contributed by atoms with E-state index in [0.717, 1.165) is 30.4 Å². The van der Waals surface area contributed by atoms with Crippen LogP contribution in [0.4, 0.5) is 0 Å². The molecule has 1 rings (SSSR count). The summed E-state index contributed by atoms with van der Waals surface area (Å²) in [5.74, 6) is 0.237. The number of rotatable bonds is 7. The Morgan fingerprint density at radius 2 is 2.22 bits per heavy atom. The van der Waals surface area contributed by atoms with Crippen molar-refractivity contribution >= 4 is 21.7 Å². The molecule has 0 aliphatic rings. The fourth-order valence-corrected chi connectivity index (χ4v) is 2.36. The summed E-state index contributed by atoms with van der Waals surface area (Å²) < 4.78 is 2.60. The highest BCUT2D eigenvalue weighted by Crippen LogP contribution is 2.21. The number of Topliss-reactive ketones (excluding diaryl/α,β-unsaturated/α-hetero) is 1. The third-order valence-electron chi connectivity index (χ3n) is 2.96. The van der Waals surface area contributed by atoms with Crippen molar-refractivity contribution in [1.29, 1.82) is 0 Å². The Morgan fingerprint density at radius 3 is 2.78 bits per heavy atom. The van der Waals surface area contributed by atoms with E-state index in [2.05, 4.69) is 32.9 Å². The van der Waals surface area contributed by atoms with Gasteiger partial charge in [0.15, 0.2) is 5.78 Å². The SMILES string of the molecule is CCCC(C)C(=O)c1c(Br)cnn1CCN(C)C. The predicted octanol–water partition coefficient (Wildman–Crippen LogP) is 2.83. The normalized spacial score (nSPS) is 13.0. The van der Waals surface area contributed by atoms with Crippen molar-refractivity contribution in [2.45, 2.75) is 33.2 Å². The molecule has 0 aromatic carbocycles. The lowest BCUT2D eigenvalue weighted by molar-refractivity contribution is 0.0911. The van der Waals surface area contributed by atoms with Crippen LogP contribution < -0.4 is 0 Å². The van der Waals surface area contributed by atoms with Crippen molar-refractivity contribution in [2.24, 2.45) is 5.92 Å². The molecule has 0 N–H and O–H groups in total. The lowest BCUT2D eigenvalue weighted by Gasteiger charge is -2.14. The first-order valence-electron chi connectivity index (χ1n) is 6.37. The van der Waals surface area contributed by atoms with Crippen molar-refractivity contribution in [3.8, 4) is 0 Å². The Labute approximate surface area is 117 Å². The Hall–Kier alpha value is -0.680. The van der Waals surface area contributed by atoms with Crippen LogP contribution in [0.5, 0.6) is 0 Å². The Kier molecular flexibility index (Phi) is 6.02. The predicted molar refractivity (Wildman–Crippen MR) is 76.9 cm³/mol. The highest BCUT2D eigenvalue weighted by atomic mass is 79.9. The molecule has 5 heteroatoms. The minimum Gasteiger partial charge on any atom is -0.308 e. The van der Waals surface area contributed by atoms with Crippen molar-refractivity contribution < 1.29 is 4.79 Å². The standard InChI is InChI=1S/C13H22BrN3O/c1-5-6-10(2)13(18)12-11(14)9-15-17(12)8-7-16(3)4/h9-10H,5-8H2,1-4H3. The zero-order valence-corrected chi connectivity index (χ0v) is 13.2. The smallest absolute Gasteiger partial charge is 0.184 e. The maximum absolute atomic E-state index is 12.4. The van der Waals surface area contributed by atoms with Gasteiger partial charge in [-0.3, -0.25) is 9.48 Å². The van der Waals surface area contributed by atoms with Crippen LogP contribution in [0.2, 0.25) is 0 Å². The quantitative estimate of drug-likeness (QED) is 0.726. The van der Waals surface area contributed by atoms with Crippen LogP contribution >= 0.6 is 15.9 Å². The van der Waals surface area contributed by atoms with Gasteiger partial charge in [0.25, 0.3) is 0 Å². The van der Waals surface area contributed by atoms with Crippen LogP contribution in [-0.2, 0) is 6.54 Å². The van der Waals surface area contributed by atoms with E-state index >= 15 is 0 Å². The largest absolute Gasteiger partial charge is 0.308 e. The van der Waals surface area contributed by atoms with E-state index in [-0.39, 0.29) is 11.7 Å². The molecule has 1 atom stereocenters. The van der Waals surface area contributed by atoms with Gasteiger partial charge in [-0.1, -0.05) is 20.3 Å². The van der Waals surface area contributed by atoms with Crippen LogP contribution in [0.25, 0.3) is 0 Å². The average Bonchev–Trinajstić information content (AvgIpc) is 2.67. The second kappa shape index (κ2) is 7.04. The lowest BCUT2D eigenvalue weighted by Crippen LogP contribution is -2.23. The molecule has 0 saturated heterocycles. The molecule has 0 saturated carbocycles. The second-order valence-electron chi connectivity index (χ2n) is 4.92. The first-order chi connectivity index (χ1) is 8.47. The molecule has 1 unspecified atom stereocenters. The lowest BCUT2D eigenvalue weighted by atomic mass is 9.99. The molecular formula is C13H22BrN3O. The van der Waals surface area contributed by atoms with Gasteiger partial charge in [-0.25, -0.2) is 0 Å². The molecule has 0 fully saturated rings. The van der Waals surface area contributed by atoms with E-state index < -0.39 is 0 Å².